The summed E-state index contributed by atoms with van der Waals surface area (Å²) in [6.45, 7) is 1.99. The fraction of sp³-hybridized carbons (Fsp3) is 0.800. The van der Waals surface area contributed by atoms with Gasteiger partial charge in [0.25, 0.3) is 5.89 Å². The van der Waals surface area contributed by atoms with Crippen LogP contribution in [0.25, 0.3) is 0 Å². The molecule has 88 valence electrons. The molecule has 2 aliphatic heterocycles. The van der Waals surface area contributed by atoms with Crippen molar-refractivity contribution in [3.63, 3.8) is 0 Å². The third-order valence-electron chi connectivity index (χ3n) is 3.19. The second kappa shape index (κ2) is 3.80. The first kappa shape index (κ1) is 10.2. The number of hydrogen-bond acceptors (Lipinski definition) is 6. The second-order valence-corrected chi connectivity index (χ2v) is 4.42. The molecule has 2 atom stereocenters. The summed E-state index contributed by atoms with van der Waals surface area (Å²) in [4.78, 5) is 4.25. The van der Waals surface area contributed by atoms with Crippen LogP contribution in [0.1, 0.15) is 37.1 Å². The van der Waals surface area contributed by atoms with Crippen molar-refractivity contribution in [2.24, 2.45) is 0 Å². The molecular formula is C10H15N3O3. The first-order chi connectivity index (χ1) is 7.78. The molecule has 2 aliphatic rings. The van der Waals surface area contributed by atoms with Crippen molar-refractivity contribution in [2.45, 2.75) is 31.0 Å². The van der Waals surface area contributed by atoms with E-state index in [0.29, 0.717) is 24.7 Å². The molecule has 0 radical (unpaired) electrons. The standard InChI is InChI=1S/C10H15N3O3/c14-10(3-4-11-6-10)9-12-8(13-16-9)7-2-1-5-15-7/h7,11,14H,1-6H2. The Balaban J connectivity index is 1.81. The van der Waals surface area contributed by atoms with Gasteiger partial charge in [0.2, 0.25) is 5.82 Å². The second-order valence-electron chi connectivity index (χ2n) is 4.42. The number of rotatable bonds is 2. The number of nitrogens with zero attached hydrogens (tertiary/aromatic N) is 2. The van der Waals surface area contributed by atoms with Crippen molar-refractivity contribution in [3.05, 3.63) is 11.7 Å². The fourth-order valence-electron chi connectivity index (χ4n) is 2.20. The first-order valence-corrected chi connectivity index (χ1v) is 5.67. The van der Waals surface area contributed by atoms with Crippen LogP contribution in [0.5, 0.6) is 0 Å². The average molecular weight is 225 g/mol. The Hall–Kier alpha value is -0.980. The first-order valence-electron chi connectivity index (χ1n) is 5.67. The van der Waals surface area contributed by atoms with Gasteiger partial charge in [-0.3, -0.25) is 0 Å². The van der Waals surface area contributed by atoms with Crippen LogP contribution < -0.4 is 5.32 Å². The lowest BCUT2D eigenvalue weighted by molar-refractivity contribution is 0.0242. The summed E-state index contributed by atoms with van der Waals surface area (Å²) in [6, 6.07) is 0. The summed E-state index contributed by atoms with van der Waals surface area (Å²) in [7, 11) is 0. The largest absolute Gasteiger partial charge is 0.379 e. The molecular weight excluding hydrogens is 210 g/mol. The number of aliphatic hydroxyl groups is 1. The summed E-state index contributed by atoms with van der Waals surface area (Å²) in [6.07, 6.45) is 2.51. The smallest absolute Gasteiger partial charge is 0.260 e. The van der Waals surface area contributed by atoms with Gasteiger partial charge in [0.05, 0.1) is 0 Å². The summed E-state index contributed by atoms with van der Waals surface area (Å²) in [5.41, 5.74) is -0.996. The SMILES string of the molecule is OC1(c2nc(C3CCCO3)no2)CCNC1. The molecule has 0 saturated carbocycles. The quantitative estimate of drug-likeness (QED) is 0.743. The number of nitrogens with one attached hydrogen (secondary N) is 1. The van der Waals surface area contributed by atoms with Crippen LogP contribution in [-0.2, 0) is 10.3 Å². The van der Waals surface area contributed by atoms with Crippen LogP contribution in [0.4, 0.5) is 0 Å². The summed E-state index contributed by atoms with van der Waals surface area (Å²) in [5.74, 6) is 0.871. The molecule has 3 rings (SSSR count). The van der Waals surface area contributed by atoms with E-state index in [9.17, 15) is 5.11 Å². The van der Waals surface area contributed by atoms with Crippen molar-refractivity contribution in [1.82, 2.24) is 15.5 Å². The Kier molecular flexibility index (Phi) is 2.42. The van der Waals surface area contributed by atoms with E-state index in [1.165, 1.54) is 0 Å². The van der Waals surface area contributed by atoms with E-state index in [2.05, 4.69) is 15.5 Å². The molecule has 0 aliphatic carbocycles. The van der Waals surface area contributed by atoms with Crippen LogP contribution in [0.2, 0.25) is 0 Å². The molecule has 0 spiro atoms. The maximum atomic E-state index is 10.2. The molecule has 2 fully saturated rings. The zero-order valence-corrected chi connectivity index (χ0v) is 8.98. The Bertz CT molecular complexity index is 367. The van der Waals surface area contributed by atoms with Crippen LogP contribution >= 0.6 is 0 Å². The monoisotopic (exact) mass is 225 g/mol. The highest BCUT2D eigenvalue weighted by atomic mass is 16.5. The highest BCUT2D eigenvalue weighted by Crippen LogP contribution is 2.30. The molecule has 16 heavy (non-hydrogen) atoms. The van der Waals surface area contributed by atoms with E-state index >= 15 is 0 Å². The summed E-state index contributed by atoms with van der Waals surface area (Å²) < 4.78 is 10.6. The predicted octanol–water partition coefficient (Wildman–Crippen LogP) is 0.102. The van der Waals surface area contributed by atoms with E-state index in [1.807, 2.05) is 0 Å². The molecule has 6 nitrogen and oxygen atoms in total. The van der Waals surface area contributed by atoms with Gasteiger partial charge in [0, 0.05) is 13.2 Å². The maximum absolute atomic E-state index is 10.2. The normalized spacial score (nSPS) is 34.7. The molecule has 1 aromatic rings. The van der Waals surface area contributed by atoms with Gasteiger partial charge in [-0.05, 0) is 25.8 Å². The summed E-state index contributed by atoms with van der Waals surface area (Å²) >= 11 is 0. The van der Waals surface area contributed by atoms with Crippen LogP contribution in [0.3, 0.4) is 0 Å². The molecule has 6 heteroatoms. The molecule has 0 amide bonds. The van der Waals surface area contributed by atoms with Gasteiger partial charge in [-0.25, -0.2) is 0 Å². The van der Waals surface area contributed by atoms with Crippen molar-refractivity contribution >= 4 is 0 Å². The molecule has 1 aromatic heterocycles. The van der Waals surface area contributed by atoms with E-state index in [4.69, 9.17) is 9.26 Å². The minimum absolute atomic E-state index is 0.0598. The van der Waals surface area contributed by atoms with Crippen molar-refractivity contribution in [2.75, 3.05) is 19.7 Å². The molecule has 2 N–H and O–H groups in total. The maximum Gasteiger partial charge on any atom is 0.260 e. The molecule has 2 saturated heterocycles. The van der Waals surface area contributed by atoms with Crippen molar-refractivity contribution in [3.8, 4) is 0 Å². The minimum atomic E-state index is -0.996. The van der Waals surface area contributed by atoms with E-state index in [0.717, 1.165) is 26.0 Å². The van der Waals surface area contributed by atoms with E-state index < -0.39 is 5.60 Å². The molecule has 0 aromatic carbocycles. The van der Waals surface area contributed by atoms with Crippen LogP contribution in [0, 0.1) is 0 Å². The van der Waals surface area contributed by atoms with Gasteiger partial charge in [0.1, 0.15) is 6.10 Å². The van der Waals surface area contributed by atoms with Gasteiger partial charge in [-0.2, -0.15) is 4.98 Å². The number of β-amino-alcohol motifs (C(OH)–C–C–N with tert-alkyl or cyclic N) is 1. The lowest BCUT2D eigenvalue weighted by Gasteiger charge is -2.14. The third-order valence-corrected chi connectivity index (χ3v) is 3.19. The minimum Gasteiger partial charge on any atom is -0.379 e. The van der Waals surface area contributed by atoms with Gasteiger partial charge in [0.15, 0.2) is 5.60 Å². The highest BCUT2D eigenvalue weighted by Gasteiger charge is 2.39. The Morgan fingerprint density at radius 1 is 1.50 bits per heavy atom. The molecule has 0 bridgehead atoms. The lowest BCUT2D eigenvalue weighted by atomic mass is 10.0. The molecule has 2 unspecified atom stereocenters. The lowest BCUT2D eigenvalue weighted by Crippen LogP contribution is -2.28. The third kappa shape index (κ3) is 1.63. The predicted molar refractivity (Wildman–Crippen MR) is 53.6 cm³/mol. The Morgan fingerprint density at radius 2 is 2.44 bits per heavy atom. The number of aromatic nitrogens is 2. The van der Waals surface area contributed by atoms with Crippen molar-refractivity contribution in [1.29, 1.82) is 0 Å². The summed E-state index contributed by atoms with van der Waals surface area (Å²) in [5, 5.41) is 17.2. The zero-order chi connectivity index (χ0) is 11.0. The van der Waals surface area contributed by atoms with Gasteiger partial charge in [-0.1, -0.05) is 5.16 Å². The van der Waals surface area contributed by atoms with Gasteiger partial charge >= 0.3 is 0 Å². The topological polar surface area (TPSA) is 80.4 Å². The van der Waals surface area contributed by atoms with Gasteiger partial charge < -0.3 is 19.7 Å². The molecule has 3 heterocycles. The van der Waals surface area contributed by atoms with Crippen molar-refractivity contribution < 1.29 is 14.4 Å². The highest BCUT2D eigenvalue weighted by molar-refractivity contribution is 5.05. The van der Waals surface area contributed by atoms with E-state index in [1.54, 1.807) is 0 Å². The number of ether oxygens (including phenoxy) is 1. The average Bonchev–Trinajstić information content (AvgIpc) is 2.98. The van der Waals surface area contributed by atoms with Gasteiger partial charge in [-0.15, -0.1) is 0 Å². The number of hydrogen-bond donors (Lipinski definition) is 2. The van der Waals surface area contributed by atoms with Crippen LogP contribution in [0.15, 0.2) is 4.52 Å². The Labute approximate surface area is 93.0 Å². The Morgan fingerprint density at radius 3 is 3.12 bits per heavy atom. The zero-order valence-electron chi connectivity index (χ0n) is 8.98. The van der Waals surface area contributed by atoms with Crippen LogP contribution in [-0.4, -0.2) is 34.9 Å². The fourth-order valence-corrected chi connectivity index (χ4v) is 2.20. The van der Waals surface area contributed by atoms with E-state index in [-0.39, 0.29) is 6.10 Å².